The molecule has 0 unspecified atom stereocenters. The third-order valence-electron chi connectivity index (χ3n) is 1.51. The number of rotatable bonds is 3. The van der Waals surface area contributed by atoms with Crippen LogP contribution in [0, 0.1) is 0 Å². The normalized spacial score (nSPS) is 10.3. The van der Waals surface area contributed by atoms with Crippen LogP contribution in [-0.2, 0) is 4.74 Å². The minimum absolute atomic E-state index is 0.167. The smallest absolute Gasteiger partial charge is 0.338 e. The van der Waals surface area contributed by atoms with Gasteiger partial charge in [-0.25, -0.2) is 4.79 Å². The summed E-state index contributed by atoms with van der Waals surface area (Å²) >= 11 is 0.335. The molecule has 1 aromatic rings. The first-order chi connectivity index (χ1) is 6.65. The summed E-state index contributed by atoms with van der Waals surface area (Å²) in [6.07, 6.45) is 0. The van der Waals surface area contributed by atoms with Crippen molar-refractivity contribution < 1.29 is 18.3 Å². The van der Waals surface area contributed by atoms with Gasteiger partial charge in [-0.1, -0.05) is 23.9 Å². The Hall–Kier alpha value is -1.10. The number of thioether (sulfide) groups is 1. The van der Waals surface area contributed by atoms with Gasteiger partial charge in [0.15, 0.2) is 0 Å². The molecule has 0 spiro atoms. The monoisotopic (exact) mass is 218 g/mol. The summed E-state index contributed by atoms with van der Waals surface area (Å²) < 4.78 is 28.6. The standard InChI is InChI=1S/C9H8F2O2S/c1-13-8(12)6-4-2-3-5-7(6)14-9(10)11/h2-5,9H,1H3. The number of esters is 1. The highest BCUT2D eigenvalue weighted by atomic mass is 32.2. The van der Waals surface area contributed by atoms with Gasteiger partial charge in [0.2, 0.25) is 0 Å². The fourth-order valence-electron chi connectivity index (χ4n) is 0.944. The average Bonchev–Trinajstić information content (AvgIpc) is 2.16. The van der Waals surface area contributed by atoms with E-state index in [1.165, 1.54) is 19.2 Å². The molecule has 1 rings (SSSR count). The van der Waals surface area contributed by atoms with Gasteiger partial charge in [-0.3, -0.25) is 0 Å². The molecule has 0 aliphatic rings. The van der Waals surface area contributed by atoms with Crippen LogP contribution in [0.15, 0.2) is 29.2 Å². The second kappa shape index (κ2) is 4.95. The SMILES string of the molecule is COC(=O)c1ccccc1SC(F)F. The van der Waals surface area contributed by atoms with E-state index in [0.717, 1.165) is 0 Å². The maximum Gasteiger partial charge on any atom is 0.338 e. The summed E-state index contributed by atoms with van der Waals surface area (Å²) in [7, 11) is 1.21. The maximum atomic E-state index is 12.1. The van der Waals surface area contributed by atoms with Crippen LogP contribution in [-0.4, -0.2) is 18.8 Å². The topological polar surface area (TPSA) is 26.3 Å². The lowest BCUT2D eigenvalue weighted by Gasteiger charge is -2.05. The highest BCUT2D eigenvalue weighted by molar-refractivity contribution is 7.99. The zero-order valence-corrected chi connectivity index (χ0v) is 8.18. The van der Waals surface area contributed by atoms with Crippen molar-refractivity contribution in [2.45, 2.75) is 10.7 Å². The molecule has 0 heterocycles. The Labute approximate surface area is 84.3 Å². The van der Waals surface area contributed by atoms with Crippen LogP contribution in [0.4, 0.5) is 8.78 Å². The molecule has 0 fully saturated rings. The van der Waals surface area contributed by atoms with Crippen LogP contribution in [0.3, 0.4) is 0 Å². The number of ether oxygens (including phenoxy) is 1. The van der Waals surface area contributed by atoms with Crippen molar-refractivity contribution in [3.05, 3.63) is 29.8 Å². The fraction of sp³-hybridized carbons (Fsp3) is 0.222. The number of halogens is 2. The van der Waals surface area contributed by atoms with E-state index in [2.05, 4.69) is 4.74 Å². The molecular formula is C9H8F2O2S. The van der Waals surface area contributed by atoms with Crippen LogP contribution in [0.1, 0.15) is 10.4 Å². The minimum atomic E-state index is -2.54. The lowest BCUT2D eigenvalue weighted by molar-refractivity contribution is 0.0597. The number of alkyl halides is 2. The molecule has 76 valence electrons. The fourth-order valence-corrected chi connectivity index (χ4v) is 1.57. The third-order valence-corrected chi connectivity index (χ3v) is 2.30. The van der Waals surface area contributed by atoms with Gasteiger partial charge in [0.25, 0.3) is 5.76 Å². The third kappa shape index (κ3) is 2.70. The van der Waals surface area contributed by atoms with Crippen LogP contribution >= 0.6 is 11.8 Å². The van der Waals surface area contributed by atoms with Crippen LogP contribution in [0.5, 0.6) is 0 Å². The van der Waals surface area contributed by atoms with Gasteiger partial charge >= 0.3 is 5.97 Å². The summed E-state index contributed by atoms with van der Waals surface area (Å²) in [5.41, 5.74) is 0.167. The quantitative estimate of drug-likeness (QED) is 0.576. The molecule has 0 aromatic heterocycles. The van der Waals surface area contributed by atoms with Crippen molar-refractivity contribution in [2.75, 3.05) is 7.11 Å². The van der Waals surface area contributed by atoms with Crippen molar-refractivity contribution in [3.8, 4) is 0 Å². The molecule has 5 heteroatoms. The molecule has 1 aromatic carbocycles. The van der Waals surface area contributed by atoms with E-state index in [9.17, 15) is 13.6 Å². The summed E-state index contributed by atoms with van der Waals surface area (Å²) in [5.74, 6) is -3.14. The predicted octanol–water partition coefficient (Wildman–Crippen LogP) is 2.79. The van der Waals surface area contributed by atoms with Crippen molar-refractivity contribution in [2.24, 2.45) is 0 Å². The summed E-state index contributed by atoms with van der Waals surface area (Å²) in [6.45, 7) is 0. The summed E-state index contributed by atoms with van der Waals surface area (Å²) in [4.78, 5) is 11.4. The highest BCUT2D eigenvalue weighted by Crippen LogP contribution is 2.28. The van der Waals surface area contributed by atoms with Gasteiger partial charge in [0.1, 0.15) is 0 Å². The Morgan fingerprint density at radius 2 is 2.07 bits per heavy atom. The van der Waals surface area contributed by atoms with Gasteiger partial charge in [-0.2, -0.15) is 8.78 Å². The lowest BCUT2D eigenvalue weighted by Crippen LogP contribution is -2.03. The zero-order chi connectivity index (χ0) is 10.6. The molecule has 14 heavy (non-hydrogen) atoms. The van der Waals surface area contributed by atoms with Gasteiger partial charge in [-0.15, -0.1) is 0 Å². The summed E-state index contributed by atoms with van der Waals surface area (Å²) in [5, 5.41) is 0. The number of carbonyl (C=O) groups excluding carboxylic acids is 1. The molecule has 0 aliphatic carbocycles. The van der Waals surface area contributed by atoms with E-state index in [0.29, 0.717) is 11.8 Å². The Kier molecular flexibility index (Phi) is 3.88. The van der Waals surface area contributed by atoms with Crippen LogP contribution < -0.4 is 0 Å². The van der Waals surface area contributed by atoms with Gasteiger partial charge < -0.3 is 4.74 Å². The maximum absolute atomic E-state index is 12.1. The molecule has 0 saturated carbocycles. The number of carbonyl (C=O) groups is 1. The predicted molar refractivity (Wildman–Crippen MR) is 49.6 cm³/mol. The molecule has 0 aliphatic heterocycles. The van der Waals surface area contributed by atoms with E-state index >= 15 is 0 Å². The Bertz CT molecular complexity index is 328. The number of hydrogen-bond donors (Lipinski definition) is 0. The zero-order valence-electron chi connectivity index (χ0n) is 7.37. The van der Waals surface area contributed by atoms with Crippen LogP contribution in [0.25, 0.3) is 0 Å². The Morgan fingerprint density at radius 3 is 2.64 bits per heavy atom. The average molecular weight is 218 g/mol. The second-order valence-corrected chi connectivity index (χ2v) is 3.40. The minimum Gasteiger partial charge on any atom is -0.465 e. The van der Waals surface area contributed by atoms with Gasteiger partial charge in [0.05, 0.1) is 12.7 Å². The molecule has 0 radical (unpaired) electrons. The summed E-state index contributed by atoms with van der Waals surface area (Å²) in [6, 6.07) is 6.11. The first-order valence-corrected chi connectivity index (χ1v) is 4.65. The van der Waals surface area contributed by atoms with E-state index in [1.807, 2.05) is 0 Å². The van der Waals surface area contributed by atoms with Crippen molar-refractivity contribution >= 4 is 17.7 Å². The lowest BCUT2D eigenvalue weighted by atomic mass is 10.2. The number of hydrogen-bond acceptors (Lipinski definition) is 3. The van der Waals surface area contributed by atoms with E-state index < -0.39 is 11.7 Å². The molecule has 0 saturated heterocycles. The Balaban J connectivity index is 2.97. The first-order valence-electron chi connectivity index (χ1n) is 3.77. The molecular weight excluding hydrogens is 210 g/mol. The first kappa shape index (κ1) is 11.0. The molecule has 0 atom stereocenters. The number of methoxy groups -OCH3 is 1. The molecule has 0 amide bonds. The molecule has 2 nitrogen and oxygen atoms in total. The van der Waals surface area contributed by atoms with E-state index in [-0.39, 0.29) is 10.5 Å². The van der Waals surface area contributed by atoms with Crippen molar-refractivity contribution in [3.63, 3.8) is 0 Å². The van der Waals surface area contributed by atoms with Crippen molar-refractivity contribution in [1.82, 2.24) is 0 Å². The van der Waals surface area contributed by atoms with Crippen molar-refractivity contribution in [1.29, 1.82) is 0 Å². The van der Waals surface area contributed by atoms with Gasteiger partial charge in [-0.05, 0) is 12.1 Å². The van der Waals surface area contributed by atoms with Gasteiger partial charge in [0, 0.05) is 4.90 Å². The van der Waals surface area contributed by atoms with E-state index in [1.54, 1.807) is 12.1 Å². The Morgan fingerprint density at radius 1 is 1.43 bits per heavy atom. The largest absolute Gasteiger partial charge is 0.465 e. The number of benzene rings is 1. The second-order valence-electron chi connectivity index (χ2n) is 2.37. The molecule has 0 N–H and O–H groups in total. The molecule has 0 bridgehead atoms. The van der Waals surface area contributed by atoms with E-state index in [4.69, 9.17) is 0 Å². The highest BCUT2D eigenvalue weighted by Gasteiger charge is 2.14. The van der Waals surface area contributed by atoms with Crippen LogP contribution in [0.2, 0.25) is 0 Å².